The molecule has 0 spiro atoms. The molecule has 0 heteroatoms. The van der Waals surface area contributed by atoms with Crippen LogP contribution in [-0.4, -0.2) is 0 Å². The summed E-state index contributed by atoms with van der Waals surface area (Å²) in [7, 11) is 0. The van der Waals surface area contributed by atoms with Gasteiger partial charge in [0.05, 0.1) is 0 Å². The van der Waals surface area contributed by atoms with Gasteiger partial charge in [0.2, 0.25) is 0 Å². The highest BCUT2D eigenvalue weighted by molar-refractivity contribution is 5.21. The minimum Gasteiger partial charge on any atom is -0.0991 e. The molecule has 0 N–H and O–H groups in total. The summed E-state index contributed by atoms with van der Waals surface area (Å²) < 4.78 is 0. The van der Waals surface area contributed by atoms with E-state index in [9.17, 15) is 0 Å². The zero-order chi connectivity index (χ0) is 30.3. The molecule has 1 fully saturated rings. The highest BCUT2D eigenvalue weighted by atomic mass is 14.3. The van der Waals surface area contributed by atoms with Gasteiger partial charge >= 0.3 is 0 Å². The molecule has 2 atom stereocenters. The molecule has 40 heavy (non-hydrogen) atoms. The molecule has 0 aromatic carbocycles. The van der Waals surface area contributed by atoms with Gasteiger partial charge in [0, 0.05) is 0 Å². The molecular weight excluding hydrogens is 480 g/mol. The summed E-state index contributed by atoms with van der Waals surface area (Å²) in [5.74, 6) is 1.92. The molecule has 4 aliphatic rings. The van der Waals surface area contributed by atoms with Crippen LogP contribution in [0.4, 0.5) is 0 Å². The van der Waals surface area contributed by atoms with E-state index in [1.54, 1.807) is 36.5 Å². The lowest BCUT2D eigenvalue weighted by Gasteiger charge is -2.33. The van der Waals surface area contributed by atoms with E-state index in [1.807, 2.05) is 18.2 Å². The molecule has 220 valence electrons. The molecule has 0 bridgehead atoms. The maximum atomic E-state index is 3.85. The Morgan fingerprint density at radius 2 is 0.875 bits per heavy atom. The van der Waals surface area contributed by atoms with Gasteiger partial charge in [0.25, 0.3) is 0 Å². The molecule has 4 rings (SSSR count). The van der Waals surface area contributed by atoms with Gasteiger partial charge in [-0.05, 0) is 88.9 Å². The van der Waals surface area contributed by atoms with Gasteiger partial charge < -0.3 is 0 Å². The van der Waals surface area contributed by atoms with Crippen LogP contribution in [0.15, 0.2) is 149 Å². The van der Waals surface area contributed by atoms with Gasteiger partial charge in [-0.15, -0.1) is 0 Å². The van der Waals surface area contributed by atoms with Crippen molar-refractivity contribution in [3.05, 3.63) is 149 Å². The summed E-state index contributed by atoms with van der Waals surface area (Å²) in [5.41, 5.74) is 4.38. The topological polar surface area (TPSA) is 0 Å². The first-order chi connectivity index (χ1) is 19.5. The molecular formula is C40H60. The lowest BCUT2D eigenvalue weighted by atomic mass is 9.72. The largest absolute Gasteiger partial charge is 0.0991 e. The number of fused-ring (bicyclic) bond motifs is 1. The Hall–Kier alpha value is -3.12. The van der Waals surface area contributed by atoms with Gasteiger partial charge in [-0.25, -0.2) is 0 Å². The Labute approximate surface area is 250 Å². The lowest BCUT2D eigenvalue weighted by molar-refractivity contribution is 0.257. The first-order valence-corrected chi connectivity index (χ1v) is 15.2. The van der Waals surface area contributed by atoms with E-state index in [2.05, 4.69) is 77.4 Å². The Bertz CT molecular complexity index is 761. The zero-order valence-electron chi connectivity index (χ0n) is 25.8. The van der Waals surface area contributed by atoms with Crippen molar-refractivity contribution in [2.24, 2.45) is 11.8 Å². The van der Waals surface area contributed by atoms with Crippen LogP contribution in [0.1, 0.15) is 89.9 Å². The summed E-state index contributed by atoms with van der Waals surface area (Å²) in [6, 6.07) is 0. The van der Waals surface area contributed by atoms with E-state index in [0.29, 0.717) is 0 Å². The fourth-order valence-electron chi connectivity index (χ4n) is 4.79. The third-order valence-electron chi connectivity index (χ3n) is 7.14. The van der Waals surface area contributed by atoms with E-state index >= 15 is 0 Å². The Morgan fingerprint density at radius 3 is 1.20 bits per heavy atom. The molecule has 4 aliphatic carbocycles. The SMILES string of the molecule is C=CC1=CC2CCCCC2CC1.C=CC1=CCCCC1.C=CC1=CCCCC1.C=CC=C.C=CC=C.C=CC=C. The Morgan fingerprint density at radius 1 is 0.450 bits per heavy atom. The molecule has 0 aliphatic heterocycles. The van der Waals surface area contributed by atoms with Gasteiger partial charge in [0.15, 0.2) is 0 Å². The van der Waals surface area contributed by atoms with Crippen LogP contribution in [0.25, 0.3) is 0 Å². The van der Waals surface area contributed by atoms with E-state index in [-0.39, 0.29) is 0 Å². The van der Waals surface area contributed by atoms with Crippen molar-refractivity contribution in [1.82, 2.24) is 0 Å². The molecule has 0 aromatic rings. The van der Waals surface area contributed by atoms with E-state index in [4.69, 9.17) is 0 Å². The number of rotatable bonds is 6. The third-order valence-corrected chi connectivity index (χ3v) is 7.14. The predicted octanol–water partition coefficient (Wildman–Crippen LogP) is 13.1. The van der Waals surface area contributed by atoms with Crippen molar-refractivity contribution in [3.63, 3.8) is 0 Å². The van der Waals surface area contributed by atoms with Crippen LogP contribution >= 0.6 is 0 Å². The summed E-state index contributed by atoms with van der Waals surface area (Å²) >= 11 is 0. The molecule has 0 heterocycles. The highest BCUT2D eigenvalue weighted by Crippen LogP contribution is 2.39. The monoisotopic (exact) mass is 540 g/mol. The molecule has 1 saturated carbocycles. The van der Waals surface area contributed by atoms with E-state index in [1.165, 1.54) is 107 Å². The Kier molecular flexibility index (Phi) is 29.7. The first-order valence-electron chi connectivity index (χ1n) is 15.2. The van der Waals surface area contributed by atoms with Crippen LogP contribution in [0.3, 0.4) is 0 Å². The molecule has 0 aromatic heterocycles. The summed E-state index contributed by atoms with van der Waals surface area (Å²) in [4.78, 5) is 0. The second-order valence-electron chi connectivity index (χ2n) is 10.1. The van der Waals surface area contributed by atoms with Crippen molar-refractivity contribution in [2.75, 3.05) is 0 Å². The second-order valence-corrected chi connectivity index (χ2v) is 10.1. The average molecular weight is 541 g/mol. The van der Waals surface area contributed by atoms with Crippen molar-refractivity contribution in [1.29, 1.82) is 0 Å². The van der Waals surface area contributed by atoms with Gasteiger partial charge in [-0.1, -0.05) is 162 Å². The highest BCUT2D eigenvalue weighted by Gasteiger charge is 2.26. The number of hydrogen-bond donors (Lipinski definition) is 0. The molecule has 0 radical (unpaired) electrons. The van der Waals surface area contributed by atoms with E-state index < -0.39 is 0 Å². The van der Waals surface area contributed by atoms with Crippen LogP contribution in [-0.2, 0) is 0 Å². The number of allylic oxidation sites excluding steroid dienone is 15. The van der Waals surface area contributed by atoms with Crippen molar-refractivity contribution in [2.45, 2.75) is 89.9 Å². The van der Waals surface area contributed by atoms with Crippen molar-refractivity contribution < 1.29 is 0 Å². The molecule has 0 saturated heterocycles. The van der Waals surface area contributed by atoms with E-state index in [0.717, 1.165) is 11.8 Å². The first kappa shape index (κ1) is 39.0. The van der Waals surface area contributed by atoms with Crippen LogP contribution in [0.2, 0.25) is 0 Å². The molecule has 2 unspecified atom stereocenters. The van der Waals surface area contributed by atoms with Crippen LogP contribution in [0.5, 0.6) is 0 Å². The third kappa shape index (κ3) is 22.8. The maximum Gasteiger partial charge on any atom is -0.0199 e. The average Bonchev–Trinajstić information content (AvgIpc) is 3.06. The fourth-order valence-corrected chi connectivity index (χ4v) is 4.79. The van der Waals surface area contributed by atoms with Gasteiger partial charge in [-0.2, -0.15) is 0 Å². The summed E-state index contributed by atoms with van der Waals surface area (Å²) in [6.45, 7) is 31.5. The van der Waals surface area contributed by atoms with Gasteiger partial charge in [0.1, 0.15) is 0 Å². The van der Waals surface area contributed by atoms with Gasteiger partial charge in [-0.3, -0.25) is 0 Å². The molecule has 0 nitrogen and oxygen atoms in total. The Balaban J connectivity index is 0. The van der Waals surface area contributed by atoms with Crippen molar-refractivity contribution >= 4 is 0 Å². The number of hydrogen-bond acceptors (Lipinski definition) is 0. The summed E-state index contributed by atoms with van der Waals surface area (Å²) in [5, 5.41) is 0. The standard InChI is InChI=1S/C12H18.2C8H12.3C4H6/c1-2-10-7-8-11-5-3-4-6-12(11)9-10;2*1-2-8-6-4-3-5-7-8;3*1-3-4-2/h2,9,11-12H,1,3-8H2;2*2,6H,1,3-5,7H2;3*3-4H,1-2H2. The van der Waals surface area contributed by atoms with Crippen LogP contribution in [0, 0.1) is 11.8 Å². The smallest absolute Gasteiger partial charge is 0.0199 e. The van der Waals surface area contributed by atoms with Crippen molar-refractivity contribution in [3.8, 4) is 0 Å². The lowest BCUT2D eigenvalue weighted by Crippen LogP contribution is -2.21. The minimum absolute atomic E-state index is 0.903. The minimum atomic E-state index is 0.903. The van der Waals surface area contributed by atoms with Crippen LogP contribution < -0.4 is 0 Å². The predicted molar refractivity (Wildman–Crippen MR) is 188 cm³/mol. The summed E-state index contributed by atoms with van der Waals surface area (Å²) in [6.07, 6.45) is 41.9. The maximum absolute atomic E-state index is 3.85. The fraction of sp³-hybridized carbons (Fsp3) is 0.400. The normalized spacial score (nSPS) is 19.9. The molecule has 0 amide bonds. The quantitative estimate of drug-likeness (QED) is 0.294. The zero-order valence-corrected chi connectivity index (χ0v) is 25.8. The second kappa shape index (κ2) is 30.4.